The number of hydrogen-bond acceptors (Lipinski definition) is 5. The molecule has 1 aliphatic rings. The van der Waals surface area contributed by atoms with Crippen molar-refractivity contribution < 1.29 is 14.6 Å². The predicted octanol–water partition coefficient (Wildman–Crippen LogP) is 2.60. The van der Waals surface area contributed by atoms with E-state index in [0.29, 0.717) is 28.9 Å². The normalized spacial score (nSPS) is 21.6. The average Bonchev–Trinajstić information content (AvgIpc) is 2.49. The molecule has 1 aromatic carbocycles. The number of rotatable bonds is 5. The first-order chi connectivity index (χ1) is 10.5. The van der Waals surface area contributed by atoms with Crippen LogP contribution in [0.3, 0.4) is 0 Å². The zero-order valence-electron chi connectivity index (χ0n) is 12.8. The molecule has 22 heavy (non-hydrogen) atoms. The monoisotopic (exact) mass is 370 g/mol. The molecule has 1 aromatic rings. The molecule has 0 bridgehead atoms. The molecule has 1 aliphatic carbocycles. The lowest BCUT2D eigenvalue weighted by molar-refractivity contribution is 0.0526. The van der Waals surface area contributed by atoms with Gasteiger partial charge in [-0.2, -0.15) is 0 Å². The molecular formula is C16H23BrN2O3. The Bertz CT molecular complexity index is 536. The first kappa shape index (κ1) is 17.2. The third-order valence-electron chi connectivity index (χ3n) is 3.95. The van der Waals surface area contributed by atoms with E-state index in [2.05, 4.69) is 21.2 Å². The Balaban J connectivity index is 2.07. The summed E-state index contributed by atoms with van der Waals surface area (Å²) < 4.78 is 5.73. The Morgan fingerprint density at radius 1 is 1.50 bits per heavy atom. The molecule has 0 saturated heterocycles. The van der Waals surface area contributed by atoms with Crippen molar-refractivity contribution in [2.75, 3.05) is 12.3 Å². The maximum atomic E-state index is 11.9. The van der Waals surface area contributed by atoms with E-state index in [4.69, 9.17) is 10.5 Å². The van der Waals surface area contributed by atoms with E-state index in [-0.39, 0.29) is 18.1 Å². The summed E-state index contributed by atoms with van der Waals surface area (Å²) in [6.45, 7) is 2.69. The van der Waals surface area contributed by atoms with Crippen LogP contribution < -0.4 is 11.1 Å². The van der Waals surface area contributed by atoms with Gasteiger partial charge in [-0.05, 0) is 66.2 Å². The first-order valence-electron chi connectivity index (χ1n) is 7.67. The van der Waals surface area contributed by atoms with Gasteiger partial charge in [-0.3, -0.25) is 0 Å². The maximum absolute atomic E-state index is 11.9. The highest BCUT2D eigenvalue weighted by Crippen LogP contribution is 2.27. The van der Waals surface area contributed by atoms with Gasteiger partial charge >= 0.3 is 5.97 Å². The maximum Gasteiger partial charge on any atom is 0.338 e. The van der Waals surface area contributed by atoms with Gasteiger partial charge in [0.2, 0.25) is 0 Å². The number of ether oxygens (including phenoxy) is 1. The number of anilines is 1. The smallest absolute Gasteiger partial charge is 0.338 e. The van der Waals surface area contributed by atoms with E-state index in [9.17, 15) is 9.90 Å². The summed E-state index contributed by atoms with van der Waals surface area (Å²) in [4.78, 5) is 11.9. The summed E-state index contributed by atoms with van der Waals surface area (Å²) in [5, 5.41) is 13.1. The van der Waals surface area contributed by atoms with Crippen molar-refractivity contribution in [1.82, 2.24) is 5.32 Å². The van der Waals surface area contributed by atoms with Crippen LogP contribution in [-0.4, -0.2) is 29.8 Å². The van der Waals surface area contributed by atoms with E-state index < -0.39 is 0 Å². The summed E-state index contributed by atoms with van der Waals surface area (Å²) in [6, 6.07) is 3.74. The molecule has 5 nitrogen and oxygen atoms in total. The lowest BCUT2D eigenvalue weighted by atomic mass is 9.93. The molecule has 1 fully saturated rings. The molecule has 0 heterocycles. The van der Waals surface area contributed by atoms with Crippen molar-refractivity contribution >= 4 is 27.6 Å². The molecule has 1 saturated carbocycles. The second-order valence-corrected chi connectivity index (χ2v) is 6.50. The zero-order valence-corrected chi connectivity index (χ0v) is 14.4. The standard InChI is InChI=1S/C16H23BrN2O3/c1-2-22-16(21)10-6-11(15(18)14(17)7-10)9-19-12-4-3-5-13(20)8-12/h6-7,12-13,19-20H,2-5,8-9,18H2,1H3/t12-,13+/m0/s1. The van der Waals surface area contributed by atoms with Crippen molar-refractivity contribution in [3.05, 3.63) is 27.7 Å². The van der Waals surface area contributed by atoms with Gasteiger partial charge in [0.05, 0.1) is 24.0 Å². The summed E-state index contributed by atoms with van der Waals surface area (Å²) in [5.74, 6) is -0.350. The molecule has 0 spiro atoms. The van der Waals surface area contributed by atoms with Gasteiger partial charge in [-0.1, -0.05) is 0 Å². The Morgan fingerprint density at radius 3 is 2.95 bits per heavy atom. The largest absolute Gasteiger partial charge is 0.462 e. The van der Waals surface area contributed by atoms with E-state index in [1.807, 2.05) is 0 Å². The molecule has 0 unspecified atom stereocenters. The van der Waals surface area contributed by atoms with Crippen LogP contribution in [-0.2, 0) is 11.3 Å². The number of carbonyl (C=O) groups is 1. The number of halogens is 1. The van der Waals surface area contributed by atoms with Gasteiger partial charge in [0.25, 0.3) is 0 Å². The van der Waals surface area contributed by atoms with Crippen molar-refractivity contribution in [3.63, 3.8) is 0 Å². The van der Waals surface area contributed by atoms with Crippen LogP contribution in [0.5, 0.6) is 0 Å². The minimum Gasteiger partial charge on any atom is -0.462 e. The van der Waals surface area contributed by atoms with Crippen molar-refractivity contribution in [2.45, 2.75) is 51.3 Å². The molecule has 4 N–H and O–H groups in total. The lowest BCUT2D eigenvalue weighted by Crippen LogP contribution is -2.35. The van der Waals surface area contributed by atoms with E-state index >= 15 is 0 Å². The van der Waals surface area contributed by atoms with Crippen LogP contribution >= 0.6 is 15.9 Å². The molecule has 2 rings (SSSR count). The number of aliphatic hydroxyl groups excluding tert-OH is 1. The van der Waals surface area contributed by atoms with Gasteiger partial charge < -0.3 is 20.9 Å². The Hall–Kier alpha value is -1.11. The molecule has 0 aromatic heterocycles. The minimum absolute atomic E-state index is 0.221. The lowest BCUT2D eigenvalue weighted by Gasteiger charge is -2.27. The number of benzene rings is 1. The fraction of sp³-hybridized carbons (Fsp3) is 0.562. The Kier molecular flexibility index (Phi) is 6.23. The molecule has 0 radical (unpaired) electrons. The molecule has 2 atom stereocenters. The Morgan fingerprint density at radius 2 is 2.27 bits per heavy atom. The van der Waals surface area contributed by atoms with Crippen LogP contribution in [0.15, 0.2) is 16.6 Å². The molecule has 6 heteroatoms. The van der Waals surface area contributed by atoms with Gasteiger partial charge in [-0.15, -0.1) is 0 Å². The number of aliphatic hydroxyl groups is 1. The fourth-order valence-corrected chi connectivity index (χ4v) is 3.26. The van der Waals surface area contributed by atoms with Crippen molar-refractivity contribution in [1.29, 1.82) is 0 Å². The second-order valence-electron chi connectivity index (χ2n) is 5.65. The second kappa shape index (κ2) is 7.94. The highest BCUT2D eigenvalue weighted by molar-refractivity contribution is 9.10. The summed E-state index contributed by atoms with van der Waals surface area (Å²) in [6.07, 6.45) is 3.50. The third-order valence-corrected chi connectivity index (χ3v) is 4.61. The van der Waals surface area contributed by atoms with Gasteiger partial charge in [0.15, 0.2) is 0 Å². The number of nitrogen functional groups attached to an aromatic ring is 1. The minimum atomic E-state index is -0.350. The van der Waals surface area contributed by atoms with Gasteiger partial charge in [0.1, 0.15) is 0 Å². The quantitative estimate of drug-likeness (QED) is 0.547. The van der Waals surface area contributed by atoms with Gasteiger partial charge in [-0.25, -0.2) is 4.79 Å². The fourth-order valence-electron chi connectivity index (χ4n) is 2.76. The zero-order chi connectivity index (χ0) is 16.1. The topological polar surface area (TPSA) is 84.6 Å². The predicted molar refractivity (Wildman–Crippen MR) is 89.6 cm³/mol. The number of esters is 1. The number of nitrogens with two attached hydrogens (primary N) is 1. The first-order valence-corrected chi connectivity index (χ1v) is 8.47. The molecule has 122 valence electrons. The van der Waals surface area contributed by atoms with Crippen molar-refractivity contribution in [3.8, 4) is 0 Å². The van der Waals surface area contributed by atoms with Crippen LogP contribution in [0, 0.1) is 0 Å². The number of carbonyl (C=O) groups excluding carboxylic acids is 1. The van der Waals surface area contributed by atoms with Crippen LogP contribution in [0.25, 0.3) is 0 Å². The molecular weight excluding hydrogens is 348 g/mol. The number of hydrogen-bond donors (Lipinski definition) is 3. The van der Waals surface area contributed by atoms with Crippen LogP contribution in [0.2, 0.25) is 0 Å². The Labute approximate surface area is 139 Å². The van der Waals surface area contributed by atoms with Crippen molar-refractivity contribution in [2.24, 2.45) is 0 Å². The van der Waals surface area contributed by atoms with E-state index in [1.54, 1.807) is 19.1 Å². The highest BCUT2D eigenvalue weighted by atomic mass is 79.9. The van der Waals surface area contributed by atoms with Gasteiger partial charge in [0, 0.05) is 17.1 Å². The highest BCUT2D eigenvalue weighted by Gasteiger charge is 2.20. The van der Waals surface area contributed by atoms with E-state index in [0.717, 1.165) is 31.2 Å². The van der Waals surface area contributed by atoms with Crippen LogP contribution in [0.4, 0.5) is 5.69 Å². The summed E-state index contributed by atoms with van der Waals surface area (Å²) >= 11 is 3.39. The molecule has 0 amide bonds. The summed E-state index contributed by atoms with van der Waals surface area (Å²) in [5.41, 5.74) is 8.05. The number of nitrogens with one attached hydrogen (secondary N) is 1. The SMILES string of the molecule is CCOC(=O)c1cc(Br)c(N)c(CN[C@H]2CCC[C@@H](O)C2)c1. The molecule has 0 aliphatic heterocycles. The summed E-state index contributed by atoms with van der Waals surface area (Å²) in [7, 11) is 0. The third kappa shape index (κ3) is 4.44. The van der Waals surface area contributed by atoms with E-state index in [1.165, 1.54) is 0 Å². The average molecular weight is 371 g/mol. The van der Waals surface area contributed by atoms with Crippen LogP contribution in [0.1, 0.15) is 48.5 Å².